The van der Waals surface area contributed by atoms with E-state index in [2.05, 4.69) is 10.6 Å². The maximum atomic E-state index is 13.0. The zero-order valence-electron chi connectivity index (χ0n) is 18.4. The minimum Gasteiger partial charge on any atom is -0.508 e. The zero-order valence-corrected chi connectivity index (χ0v) is 18.4. The highest BCUT2D eigenvalue weighted by Crippen LogP contribution is 2.24. The number of ketones is 1. The number of hydrogen-bond donors (Lipinski definition) is 5. The van der Waals surface area contributed by atoms with Crippen LogP contribution in [0.5, 0.6) is 5.75 Å². The Morgan fingerprint density at radius 1 is 1.06 bits per heavy atom. The number of phenolic OH excluding ortho intramolecular Hbond substituents is 1. The summed E-state index contributed by atoms with van der Waals surface area (Å²) in [5.41, 5.74) is 6.21. The quantitative estimate of drug-likeness (QED) is 0.242. The van der Waals surface area contributed by atoms with Gasteiger partial charge in [-0.2, -0.15) is 0 Å². The predicted molar refractivity (Wildman–Crippen MR) is 115 cm³/mol. The van der Waals surface area contributed by atoms with Crippen molar-refractivity contribution in [2.75, 3.05) is 6.54 Å². The molecule has 180 valence electrons. The number of nitrogens with one attached hydrogen (secondary N) is 2. The number of carbonyl (C=O) groups excluding carboxylic acids is 4. The maximum Gasteiger partial charge on any atom is 0.322 e. The summed E-state index contributed by atoms with van der Waals surface area (Å²) in [5.74, 6) is -4.37. The molecule has 0 aliphatic carbocycles. The topological polar surface area (TPSA) is 188 Å². The minimum atomic E-state index is -1.23. The first-order chi connectivity index (χ1) is 15.5. The van der Waals surface area contributed by atoms with E-state index in [1.54, 1.807) is 12.1 Å². The number of carboxylic acid groups (broad SMARTS) is 1. The van der Waals surface area contributed by atoms with Gasteiger partial charge in [0, 0.05) is 12.3 Å². The van der Waals surface area contributed by atoms with Crippen molar-refractivity contribution in [1.29, 1.82) is 0 Å². The lowest BCUT2D eigenvalue weighted by Crippen LogP contribution is -2.46. The number of hydrogen-bond acceptors (Lipinski definition) is 7. The van der Waals surface area contributed by atoms with Crippen LogP contribution in [0.3, 0.4) is 0 Å². The van der Waals surface area contributed by atoms with Crippen molar-refractivity contribution in [3.63, 3.8) is 0 Å². The van der Waals surface area contributed by atoms with E-state index in [0.717, 1.165) is 5.56 Å². The molecule has 3 amide bonds. The Morgan fingerprint density at radius 3 is 2.21 bits per heavy atom. The number of epoxide rings is 1. The van der Waals surface area contributed by atoms with Gasteiger partial charge in [0.2, 0.25) is 5.91 Å². The molecule has 2 rings (SSSR count). The number of amides is 3. The van der Waals surface area contributed by atoms with Crippen molar-refractivity contribution in [2.24, 2.45) is 17.6 Å². The highest BCUT2D eigenvalue weighted by Gasteiger charge is 2.51. The van der Waals surface area contributed by atoms with Gasteiger partial charge in [-0.25, -0.2) is 0 Å². The van der Waals surface area contributed by atoms with Gasteiger partial charge in [0.25, 0.3) is 11.8 Å². The second-order valence-corrected chi connectivity index (χ2v) is 8.42. The van der Waals surface area contributed by atoms with Crippen LogP contribution in [0.15, 0.2) is 24.3 Å². The standard InChI is InChI=1S/C22H29N3O8/c1-11(2)7-15(25-22(32)19-18(33-19)21(31)24-10-17(28)29)16(27)9-13(20(23)30)8-12-3-5-14(26)6-4-12/h3-6,11,13,15,18-19,26H,7-10H2,1-2H3,(H2,23,30)(H,24,31)(H,25,32)(H,28,29)/t13-,15+,18?,19+/m1/s1. The SMILES string of the molecule is CC(C)C[C@H](NC(=O)[C@H]1OC1C(=O)NCC(=O)O)C(=O)C[C@@H](Cc1ccc(O)cc1)C(N)=O. The van der Waals surface area contributed by atoms with Crippen LogP contribution < -0.4 is 16.4 Å². The Bertz CT molecular complexity index is 899. The van der Waals surface area contributed by atoms with E-state index in [-0.39, 0.29) is 30.3 Å². The Kier molecular flexibility index (Phi) is 8.92. The lowest BCUT2D eigenvalue weighted by atomic mass is 9.89. The van der Waals surface area contributed by atoms with Crippen LogP contribution in [0, 0.1) is 11.8 Å². The molecule has 33 heavy (non-hydrogen) atoms. The van der Waals surface area contributed by atoms with Gasteiger partial charge >= 0.3 is 5.97 Å². The van der Waals surface area contributed by atoms with Crippen LogP contribution in [0.1, 0.15) is 32.3 Å². The number of primary amides is 1. The molecule has 0 spiro atoms. The molecule has 1 fully saturated rings. The molecule has 1 aliphatic heterocycles. The fourth-order valence-electron chi connectivity index (χ4n) is 3.35. The van der Waals surface area contributed by atoms with Crippen LogP contribution in [0.2, 0.25) is 0 Å². The molecule has 1 heterocycles. The highest BCUT2D eigenvalue weighted by molar-refractivity contribution is 5.98. The molecule has 11 nitrogen and oxygen atoms in total. The average Bonchev–Trinajstić information content (AvgIpc) is 3.53. The summed E-state index contributed by atoms with van der Waals surface area (Å²) >= 11 is 0. The third-order valence-corrected chi connectivity index (χ3v) is 5.10. The van der Waals surface area contributed by atoms with Crippen LogP contribution in [-0.4, -0.2) is 64.5 Å². The number of carboxylic acids is 1. The molecular weight excluding hydrogens is 434 g/mol. The molecule has 0 saturated carbocycles. The van der Waals surface area contributed by atoms with Crippen molar-refractivity contribution in [3.8, 4) is 5.75 Å². The van der Waals surface area contributed by atoms with Crippen molar-refractivity contribution in [1.82, 2.24) is 10.6 Å². The summed E-state index contributed by atoms with van der Waals surface area (Å²) in [6.45, 7) is 3.13. The number of ether oxygens (including phenoxy) is 1. The fraction of sp³-hybridized carbons (Fsp3) is 0.500. The Morgan fingerprint density at radius 2 is 1.67 bits per heavy atom. The van der Waals surface area contributed by atoms with Gasteiger partial charge in [-0.3, -0.25) is 24.0 Å². The van der Waals surface area contributed by atoms with Crippen molar-refractivity contribution >= 4 is 29.5 Å². The van der Waals surface area contributed by atoms with E-state index in [0.29, 0.717) is 6.42 Å². The number of nitrogens with two attached hydrogens (primary N) is 1. The van der Waals surface area contributed by atoms with Crippen LogP contribution in [0.4, 0.5) is 0 Å². The van der Waals surface area contributed by atoms with Gasteiger partial charge in [0.15, 0.2) is 18.0 Å². The predicted octanol–water partition coefficient (Wildman–Crippen LogP) is -0.505. The molecule has 4 atom stereocenters. The Balaban J connectivity index is 1.99. The molecular formula is C22H29N3O8. The van der Waals surface area contributed by atoms with Gasteiger partial charge in [0.1, 0.15) is 12.3 Å². The summed E-state index contributed by atoms with van der Waals surface area (Å²) < 4.78 is 5.04. The third-order valence-electron chi connectivity index (χ3n) is 5.10. The van der Waals surface area contributed by atoms with Crippen LogP contribution >= 0.6 is 0 Å². The summed E-state index contributed by atoms with van der Waals surface area (Å²) in [7, 11) is 0. The van der Waals surface area contributed by atoms with Crippen molar-refractivity contribution < 1.29 is 38.9 Å². The summed E-state index contributed by atoms with van der Waals surface area (Å²) in [6, 6.07) is 5.28. The largest absolute Gasteiger partial charge is 0.508 e. The highest BCUT2D eigenvalue weighted by atomic mass is 16.6. The number of aromatic hydroxyl groups is 1. The van der Waals surface area contributed by atoms with Crippen LogP contribution in [-0.2, 0) is 35.1 Å². The van der Waals surface area contributed by atoms with Crippen molar-refractivity contribution in [3.05, 3.63) is 29.8 Å². The number of Topliss-reactive ketones (excluding diaryl/α,β-unsaturated/α-hetero) is 1. The first kappa shape index (κ1) is 25.8. The van der Waals surface area contributed by atoms with E-state index in [4.69, 9.17) is 15.6 Å². The average molecular weight is 463 g/mol. The van der Waals surface area contributed by atoms with Gasteiger partial charge in [0.05, 0.1) is 6.04 Å². The fourth-order valence-corrected chi connectivity index (χ4v) is 3.35. The Labute approximate surface area is 190 Å². The van der Waals surface area contributed by atoms with Gasteiger partial charge in [-0.1, -0.05) is 26.0 Å². The molecule has 0 bridgehead atoms. The normalized spacial score (nSPS) is 18.8. The van der Waals surface area contributed by atoms with Gasteiger partial charge in [-0.05, 0) is 36.5 Å². The number of phenols is 1. The van der Waals surface area contributed by atoms with E-state index in [1.165, 1.54) is 12.1 Å². The second-order valence-electron chi connectivity index (χ2n) is 8.42. The molecule has 1 aliphatic rings. The molecule has 1 unspecified atom stereocenters. The van der Waals surface area contributed by atoms with Gasteiger partial charge < -0.3 is 31.3 Å². The number of benzene rings is 1. The lowest BCUT2D eigenvalue weighted by molar-refractivity contribution is -0.138. The second kappa shape index (κ2) is 11.4. The summed E-state index contributed by atoms with van der Waals surface area (Å²) in [5, 5.41) is 22.7. The van der Waals surface area contributed by atoms with Gasteiger partial charge in [-0.15, -0.1) is 0 Å². The lowest BCUT2D eigenvalue weighted by Gasteiger charge is -2.21. The molecule has 0 aromatic heterocycles. The van der Waals surface area contributed by atoms with E-state index in [9.17, 15) is 29.1 Å². The first-order valence-electron chi connectivity index (χ1n) is 10.5. The van der Waals surface area contributed by atoms with Crippen molar-refractivity contribution in [2.45, 2.75) is 51.4 Å². The zero-order chi connectivity index (χ0) is 24.7. The minimum absolute atomic E-state index is 0.0400. The Hall–Kier alpha value is -3.47. The van der Waals surface area contributed by atoms with E-state index in [1.807, 2.05) is 13.8 Å². The molecule has 11 heteroatoms. The van der Waals surface area contributed by atoms with E-state index >= 15 is 0 Å². The number of carbonyl (C=O) groups is 5. The summed E-state index contributed by atoms with van der Waals surface area (Å²) in [6.07, 6.45) is -1.93. The molecule has 1 aromatic rings. The number of rotatable bonds is 13. The van der Waals surface area contributed by atoms with E-state index < -0.39 is 54.4 Å². The molecule has 6 N–H and O–H groups in total. The molecule has 0 radical (unpaired) electrons. The molecule has 1 aromatic carbocycles. The van der Waals surface area contributed by atoms with Crippen LogP contribution in [0.25, 0.3) is 0 Å². The smallest absolute Gasteiger partial charge is 0.322 e. The number of aliphatic carboxylic acids is 1. The maximum absolute atomic E-state index is 13.0. The first-order valence-corrected chi connectivity index (χ1v) is 10.5. The monoisotopic (exact) mass is 463 g/mol. The third kappa shape index (κ3) is 8.19. The summed E-state index contributed by atoms with van der Waals surface area (Å²) in [4.78, 5) is 59.8. The molecule has 1 saturated heterocycles.